The SMILES string of the molecule is CCCN(CC(N)=S)Cc1cc(F)cc(F)c1. The fraction of sp³-hybridized carbons (Fsp3) is 0.417. The first-order chi connectivity index (χ1) is 8.01. The normalized spacial score (nSPS) is 10.8. The number of hydrogen-bond acceptors (Lipinski definition) is 2. The smallest absolute Gasteiger partial charge is 0.126 e. The molecule has 5 heteroatoms. The van der Waals surface area contributed by atoms with Crippen LogP contribution in [0.4, 0.5) is 8.78 Å². The fourth-order valence-electron chi connectivity index (χ4n) is 1.71. The minimum atomic E-state index is -0.563. The van der Waals surface area contributed by atoms with Gasteiger partial charge in [-0.25, -0.2) is 8.78 Å². The second kappa shape index (κ2) is 6.61. The number of nitrogens with two attached hydrogens (primary N) is 1. The molecule has 0 radical (unpaired) electrons. The van der Waals surface area contributed by atoms with Gasteiger partial charge < -0.3 is 5.73 Å². The first-order valence-electron chi connectivity index (χ1n) is 5.47. The molecule has 0 aliphatic carbocycles. The lowest BCUT2D eigenvalue weighted by atomic mass is 10.2. The van der Waals surface area contributed by atoms with Crippen LogP contribution < -0.4 is 5.73 Å². The molecule has 1 aromatic carbocycles. The molecule has 0 saturated carbocycles. The number of hydrogen-bond donors (Lipinski definition) is 1. The zero-order valence-corrected chi connectivity index (χ0v) is 10.6. The van der Waals surface area contributed by atoms with E-state index in [2.05, 4.69) is 0 Å². The molecule has 0 bridgehead atoms. The van der Waals surface area contributed by atoms with Crippen LogP contribution >= 0.6 is 12.2 Å². The van der Waals surface area contributed by atoms with Gasteiger partial charge in [-0.15, -0.1) is 0 Å². The third-order valence-electron chi connectivity index (χ3n) is 2.25. The summed E-state index contributed by atoms with van der Waals surface area (Å²) in [6, 6.07) is 3.51. The first kappa shape index (κ1) is 14.0. The molecule has 0 heterocycles. The summed E-state index contributed by atoms with van der Waals surface area (Å²) < 4.78 is 26.0. The molecule has 0 atom stereocenters. The van der Waals surface area contributed by atoms with Crippen molar-refractivity contribution < 1.29 is 8.78 Å². The van der Waals surface area contributed by atoms with Crippen molar-refractivity contribution in [2.75, 3.05) is 13.1 Å². The molecule has 1 rings (SSSR count). The largest absolute Gasteiger partial charge is 0.392 e. The molecule has 0 saturated heterocycles. The van der Waals surface area contributed by atoms with Gasteiger partial charge in [0.2, 0.25) is 0 Å². The van der Waals surface area contributed by atoms with Gasteiger partial charge in [-0.1, -0.05) is 19.1 Å². The van der Waals surface area contributed by atoms with Crippen LogP contribution in [0, 0.1) is 11.6 Å². The topological polar surface area (TPSA) is 29.3 Å². The Kier molecular flexibility index (Phi) is 5.44. The van der Waals surface area contributed by atoms with E-state index in [4.69, 9.17) is 18.0 Å². The maximum absolute atomic E-state index is 13.0. The van der Waals surface area contributed by atoms with Crippen molar-refractivity contribution in [1.82, 2.24) is 4.90 Å². The van der Waals surface area contributed by atoms with Gasteiger partial charge in [0.25, 0.3) is 0 Å². The van der Waals surface area contributed by atoms with E-state index in [-0.39, 0.29) is 0 Å². The Hall–Kier alpha value is -1.07. The molecular formula is C12H16F2N2S. The molecule has 0 aliphatic heterocycles. The monoisotopic (exact) mass is 258 g/mol. The second-order valence-electron chi connectivity index (χ2n) is 3.95. The van der Waals surface area contributed by atoms with Gasteiger partial charge >= 0.3 is 0 Å². The highest BCUT2D eigenvalue weighted by molar-refractivity contribution is 7.80. The van der Waals surface area contributed by atoms with E-state index >= 15 is 0 Å². The van der Waals surface area contributed by atoms with Crippen molar-refractivity contribution in [3.63, 3.8) is 0 Å². The molecule has 2 N–H and O–H groups in total. The van der Waals surface area contributed by atoms with Gasteiger partial charge in [-0.05, 0) is 30.7 Å². The molecule has 94 valence electrons. The van der Waals surface area contributed by atoms with Crippen molar-refractivity contribution in [2.24, 2.45) is 5.73 Å². The van der Waals surface area contributed by atoms with Crippen molar-refractivity contribution in [2.45, 2.75) is 19.9 Å². The lowest BCUT2D eigenvalue weighted by Crippen LogP contribution is -2.33. The standard InChI is InChI=1S/C12H16F2N2S/c1-2-3-16(8-12(15)17)7-9-4-10(13)6-11(14)5-9/h4-6H,2-3,7-8H2,1H3,(H2,15,17). The van der Waals surface area contributed by atoms with Crippen LogP contribution in [0.25, 0.3) is 0 Å². The number of rotatable bonds is 6. The van der Waals surface area contributed by atoms with Gasteiger partial charge in [0.05, 0.1) is 4.99 Å². The summed E-state index contributed by atoms with van der Waals surface area (Å²) in [5.74, 6) is -1.13. The van der Waals surface area contributed by atoms with Gasteiger partial charge in [-0.3, -0.25) is 4.90 Å². The molecular weight excluding hydrogens is 242 g/mol. The molecule has 0 spiro atoms. The predicted octanol–water partition coefficient (Wildman–Crippen LogP) is 2.46. The molecule has 0 fully saturated rings. The maximum atomic E-state index is 13.0. The van der Waals surface area contributed by atoms with Gasteiger partial charge in [0.1, 0.15) is 11.6 Å². The average Bonchev–Trinajstić information content (AvgIpc) is 2.14. The van der Waals surface area contributed by atoms with E-state index < -0.39 is 11.6 Å². The lowest BCUT2D eigenvalue weighted by Gasteiger charge is -2.21. The highest BCUT2D eigenvalue weighted by atomic mass is 32.1. The lowest BCUT2D eigenvalue weighted by molar-refractivity contribution is 0.303. The Balaban J connectivity index is 2.74. The number of benzene rings is 1. The highest BCUT2D eigenvalue weighted by Crippen LogP contribution is 2.10. The Morgan fingerprint density at radius 1 is 1.29 bits per heavy atom. The Morgan fingerprint density at radius 2 is 1.88 bits per heavy atom. The third kappa shape index (κ3) is 5.19. The van der Waals surface area contributed by atoms with Crippen LogP contribution in [-0.2, 0) is 6.54 Å². The van der Waals surface area contributed by atoms with Gasteiger partial charge in [0.15, 0.2) is 0 Å². The van der Waals surface area contributed by atoms with E-state index in [1.807, 2.05) is 11.8 Å². The number of thiocarbonyl (C=S) groups is 1. The summed E-state index contributed by atoms with van der Waals surface area (Å²) in [5.41, 5.74) is 6.07. The zero-order valence-electron chi connectivity index (χ0n) is 9.75. The maximum Gasteiger partial charge on any atom is 0.126 e. The quantitative estimate of drug-likeness (QED) is 0.795. The van der Waals surface area contributed by atoms with E-state index in [1.165, 1.54) is 12.1 Å². The highest BCUT2D eigenvalue weighted by Gasteiger charge is 2.08. The zero-order chi connectivity index (χ0) is 12.8. The molecule has 0 aliphatic rings. The third-order valence-corrected chi connectivity index (χ3v) is 2.38. The minimum Gasteiger partial charge on any atom is -0.392 e. The molecule has 0 aromatic heterocycles. The summed E-state index contributed by atoms with van der Waals surface area (Å²) in [7, 11) is 0. The number of nitrogens with zero attached hydrogens (tertiary/aromatic N) is 1. The fourth-order valence-corrected chi connectivity index (χ4v) is 1.89. The molecule has 17 heavy (non-hydrogen) atoms. The van der Waals surface area contributed by atoms with E-state index in [9.17, 15) is 8.78 Å². The van der Waals surface area contributed by atoms with Crippen molar-refractivity contribution in [3.8, 4) is 0 Å². The average molecular weight is 258 g/mol. The van der Waals surface area contributed by atoms with Crippen LogP contribution in [0.5, 0.6) is 0 Å². The summed E-state index contributed by atoms with van der Waals surface area (Å²) in [4.78, 5) is 2.35. The van der Waals surface area contributed by atoms with Crippen molar-refractivity contribution in [1.29, 1.82) is 0 Å². The summed E-state index contributed by atoms with van der Waals surface area (Å²) >= 11 is 4.84. The number of halogens is 2. The summed E-state index contributed by atoms with van der Waals surface area (Å²) in [6.45, 7) is 3.72. The molecule has 0 amide bonds. The van der Waals surface area contributed by atoms with Crippen LogP contribution in [0.1, 0.15) is 18.9 Å². The summed E-state index contributed by atoms with van der Waals surface area (Å²) in [6.07, 6.45) is 0.931. The van der Waals surface area contributed by atoms with E-state index in [1.54, 1.807) is 0 Å². The van der Waals surface area contributed by atoms with Crippen molar-refractivity contribution >= 4 is 17.2 Å². The minimum absolute atomic E-state index is 0.385. The molecule has 1 aromatic rings. The van der Waals surface area contributed by atoms with Gasteiger partial charge in [0, 0.05) is 19.2 Å². The van der Waals surface area contributed by atoms with Gasteiger partial charge in [-0.2, -0.15) is 0 Å². The molecule has 2 nitrogen and oxygen atoms in total. The van der Waals surface area contributed by atoms with Crippen LogP contribution in [0.2, 0.25) is 0 Å². The van der Waals surface area contributed by atoms with E-state index in [0.29, 0.717) is 23.6 Å². The Labute approximate surface area is 105 Å². The van der Waals surface area contributed by atoms with Crippen molar-refractivity contribution in [3.05, 3.63) is 35.4 Å². The summed E-state index contributed by atoms with van der Waals surface area (Å²) in [5, 5.41) is 0. The predicted molar refractivity (Wildman–Crippen MR) is 68.7 cm³/mol. The second-order valence-corrected chi connectivity index (χ2v) is 4.48. The van der Waals surface area contributed by atoms with Crippen LogP contribution in [0.3, 0.4) is 0 Å². The Bertz CT molecular complexity index is 376. The van der Waals surface area contributed by atoms with Crippen LogP contribution in [-0.4, -0.2) is 23.0 Å². The van der Waals surface area contributed by atoms with Crippen LogP contribution in [0.15, 0.2) is 18.2 Å². The van der Waals surface area contributed by atoms with E-state index in [0.717, 1.165) is 19.0 Å². The first-order valence-corrected chi connectivity index (χ1v) is 5.87. The molecule has 0 unspecified atom stereocenters. The Morgan fingerprint density at radius 3 is 2.35 bits per heavy atom.